The quantitative estimate of drug-likeness (QED) is 0.439. The van der Waals surface area contributed by atoms with Crippen LogP contribution in [-0.2, 0) is 11.3 Å². The fourth-order valence-corrected chi connectivity index (χ4v) is 4.41. The van der Waals surface area contributed by atoms with Crippen molar-refractivity contribution in [2.45, 2.75) is 32.9 Å². The van der Waals surface area contributed by atoms with Gasteiger partial charge in [0, 0.05) is 12.6 Å². The van der Waals surface area contributed by atoms with Gasteiger partial charge in [0.1, 0.15) is 18.1 Å². The molecule has 0 bridgehead atoms. The van der Waals surface area contributed by atoms with Crippen molar-refractivity contribution in [3.05, 3.63) is 95.6 Å². The number of ether oxygens (including phenoxy) is 1. The van der Waals surface area contributed by atoms with Crippen molar-refractivity contribution in [2.24, 2.45) is 5.10 Å². The van der Waals surface area contributed by atoms with E-state index in [0.717, 1.165) is 39.5 Å². The van der Waals surface area contributed by atoms with E-state index < -0.39 is 0 Å². The first-order valence-electron chi connectivity index (χ1n) is 11.0. The maximum Gasteiger partial charge on any atom is 0.263 e. The van der Waals surface area contributed by atoms with E-state index in [0.29, 0.717) is 6.42 Å². The minimum Gasteiger partial charge on any atom is -0.497 e. The summed E-state index contributed by atoms with van der Waals surface area (Å²) in [5.74, 6) is 1.54. The number of rotatable bonds is 5. The van der Waals surface area contributed by atoms with Gasteiger partial charge in [-0.05, 0) is 53.9 Å². The van der Waals surface area contributed by atoms with E-state index in [1.807, 2.05) is 61.0 Å². The highest BCUT2D eigenvalue weighted by Gasteiger charge is 2.33. The highest BCUT2D eigenvalue weighted by Crippen LogP contribution is 2.34. The lowest BCUT2D eigenvalue weighted by Crippen LogP contribution is -2.30. The van der Waals surface area contributed by atoms with Crippen LogP contribution in [0.1, 0.15) is 35.1 Å². The molecule has 0 unspecified atom stereocenters. The Morgan fingerprint density at radius 3 is 2.48 bits per heavy atom. The van der Waals surface area contributed by atoms with Crippen molar-refractivity contribution in [3.8, 4) is 5.75 Å². The first-order valence-corrected chi connectivity index (χ1v) is 11.0. The standard InChI is InChI=1S/C27H26N4O2/c1-18-16-30(19(2)28-18)17-27(32)31-26(21-10-12-24(33-3)13-11-21)15-25(29-31)23-9-8-20-6-4-5-7-22(20)14-23/h4-14,16,26H,15,17H2,1-3H3/t26-/m1/s1. The molecule has 4 aromatic rings. The Labute approximate surface area is 193 Å². The van der Waals surface area contributed by atoms with Gasteiger partial charge >= 0.3 is 0 Å². The van der Waals surface area contributed by atoms with Gasteiger partial charge in [0.15, 0.2) is 0 Å². The molecule has 0 aliphatic carbocycles. The Balaban J connectivity index is 1.50. The van der Waals surface area contributed by atoms with E-state index in [9.17, 15) is 4.79 Å². The van der Waals surface area contributed by atoms with E-state index in [2.05, 4.69) is 35.3 Å². The third-order valence-electron chi connectivity index (χ3n) is 6.15. The zero-order valence-corrected chi connectivity index (χ0v) is 19.0. The number of hydrogen-bond donors (Lipinski definition) is 0. The number of amides is 1. The summed E-state index contributed by atoms with van der Waals surface area (Å²) >= 11 is 0. The van der Waals surface area contributed by atoms with Crippen molar-refractivity contribution < 1.29 is 9.53 Å². The van der Waals surface area contributed by atoms with E-state index in [1.165, 1.54) is 5.39 Å². The molecule has 2 heterocycles. The molecule has 0 N–H and O–H groups in total. The normalized spacial score (nSPS) is 15.7. The van der Waals surface area contributed by atoms with E-state index in [4.69, 9.17) is 9.84 Å². The predicted molar refractivity (Wildman–Crippen MR) is 129 cm³/mol. The molecule has 1 amide bonds. The number of hydrazone groups is 1. The van der Waals surface area contributed by atoms with Gasteiger partial charge < -0.3 is 9.30 Å². The molecule has 0 fully saturated rings. The molecule has 1 aromatic heterocycles. The summed E-state index contributed by atoms with van der Waals surface area (Å²) in [7, 11) is 1.65. The molecule has 1 atom stereocenters. The Bertz CT molecular complexity index is 1350. The van der Waals surface area contributed by atoms with Gasteiger partial charge in [-0.2, -0.15) is 5.10 Å². The Hall–Kier alpha value is -3.93. The monoisotopic (exact) mass is 438 g/mol. The van der Waals surface area contributed by atoms with Crippen molar-refractivity contribution in [1.29, 1.82) is 0 Å². The highest BCUT2D eigenvalue weighted by atomic mass is 16.5. The summed E-state index contributed by atoms with van der Waals surface area (Å²) in [6.07, 6.45) is 2.55. The zero-order chi connectivity index (χ0) is 22.9. The lowest BCUT2D eigenvalue weighted by Gasteiger charge is -2.22. The van der Waals surface area contributed by atoms with Crippen LogP contribution in [0.5, 0.6) is 5.75 Å². The third kappa shape index (κ3) is 4.12. The lowest BCUT2D eigenvalue weighted by atomic mass is 9.97. The van der Waals surface area contributed by atoms with Crippen LogP contribution in [0, 0.1) is 13.8 Å². The topological polar surface area (TPSA) is 59.7 Å². The van der Waals surface area contributed by atoms with Gasteiger partial charge in [-0.25, -0.2) is 9.99 Å². The van der Waals surface area contributed by atoms with Gasteiger partial charge in [0.2, 0.25) is 0 Å². The summed E-state index contributed by atoms with van der Waals surface area (Å²) in [6.45, 7) is 4.04. The van der Waals surface area contributed by atoms with Gasteiger partial charge in [-0.1, -0.05) is 48.5 Å². The van der Waals surface area contributed by atoms with Crippen LogP contribution in [-0.4, -0.2) is 33.3 Å². The molecule has 33 heavy (non-hydrogen) atoms. The van der Waals surface area contributed by atoms with Crippen LogP contribution in [0.4, 0.5) is 0 Å². The average molecular weight is 439 g/mol. The maximum absolute atomic E-state index is 13.4. The zero-order valence-electron chi connectivity index (χ0n) is 19.0. The number of benzene rings is 3. The molecular weight excluding hydrogens is 412 g/mol. The molecule has 1 aliphatic rings. The average Bonchev–Trinajstić information content (AvgIpc) is 3.42. The number of methoxy groups -OCH3 is 1. The molecular formula is C27H26N4O2. The molecule has 3 aromatic carbocycles. The first-order chi connectivity index (χ1) is 16.0. The van der Waals surface area contributed by atoms with Gasteiger partial charge in [-0.3, -0.25) is 4.79 Å². The Kier molecular flexibility index (Phi) is 5.42. The molecule has 0 spiro atoms. The highest BCUT2D eigenvalue weighted by molar-refractivity contribution is 6.05. The van der Waals surface area contributed by atoms with Gasteiger partial charge in [-0.15, -0.1) is 0 Å². The number of fused-ring (bicyclic) bond motifs is 1. The molecule has 0 saturated carbocycles. The minimum absolute atomic E-state index is 0.0629. The molecule has 5 rings (SSSR count). The summed E-state index contributed by atoms with van der Waals surface area (Å²) < 4.78 is 7.19. The van der Waals surface area contributed by atoms with Gasteiger partial charge in [0.25, 0.3) is 5.91 Å². The fourth-order valence-electron chi connectivity index (χ4n) is 4.41. The second-order valence-electron chi connectivity index (χ2n) is 8.40. The van der Waals surface area contributed by atoms with Crippen molar-refractivity contribution >= 4 is 22.4 Å². The second-order valence-corrected chi connectivity index (χ2v) is 8.40. The largest absolute Gasteiger partial charge is 0.497 e. The minimum atomic E-state index is -0.171. The lowest BCUT2D eigenvalue weighted by molar-refractivity contribution is -0.133. The molecule has 0 saturated heterocycles. The van der Waals surface area contributed by atoms with Crippen molar-refractivity contribution in [3.63, 3.8) is 0 Å². The molecule has 166 valence electrons. The summed E-state index contributed by atoms with van der Waals surface area (Å²) in [6, 6.07) is 22.3. The number of hydrogen-bond acceptors (Lipinski definition) is 4. The smallest absolute Gasteiger partial charge is 0.263 e. The van der Waals surface area contributed by atoms with Crippen molar-refractivity contribution in [1.82, 2.24) is 14.6 Å². The van der Waals surface area contributed by atoms with E-state index in [-0.39, 0.29) is 18.5 Å². The molecule has 0 radical (unpaired) electrons. The van der Waals surface area contributed by atoms with Crippen LogP contribution in [0.25, 0.3) is 10.8 Å². The summed E-state index contributed by atoms with van der Waals surface area (Å²) in [5, 5.41) is 8.82. The SMILES string of the molecule is COc1ccc([C@H]2CC(c3ccc4ccccc4c3)=NN2C(=O)Cn2cc(C)nc2C)cc1. The molecule has 1 aliphatic heterocycles. The second kappa shape index (κ2) is 8.54. The first kappa shape index (κ1) is 20.9. The van der Waals surface area contributed by atoms with E-state index in [1.54, 1.807) is 12.1 Å². The molecule has 6 heteroatoms. The Morgan fingerprint density at radius 2 is 1.79 bits per heavy atom. The van der Waals surface area contributed by atoms with Crippen LogP contribution >= 0.6 is 0 Å². The number of imidazole rings is 1. The Morgan fingerprint density at radius 1 is 1.03 bits per heavy atom. The number of nitrogens with zero attached hydrogens (tertiary/aromatic N) is 4. The number of carbonyl (C=O) groups excluding carboxylic acids is 1. The summed E-state index contributed by atoms with van der Waals surface area (Å²) in [4.78, 5) is 17.8. The summed E-state index contributed by atoms with van der Waals surface area (Å²) in [5.41, 5.74) is 3.88. The maximum atomic E-state index is 13.4. The predicted octanol–water partition coefficient (Wildman–Crippen LogP) is 5.04. The van der Waals surface area contributed by atoms with Crippen molar-refractivity contribution in [2.75, 3.05) is 7.11 Å². The third-order valence-corrected chi connectivity index (χ3v) is 6.15. The van der Waals surface area contributed by atoms with Crippen LogP contribution in [0.2, 0.25) is 0 Å². The number of carbonyl (C=O) groups is 1. The molecule has 6 nitrogen and oxygen atoms in total. The number of aromatic nitrogens is 2. The van der Waals surface area contributed by atoms with Crippen LogP contribution < -0.4 is 4.74 Å². The van der Waals surface area contributed by atoms with Gasteiger partial charge in [0.05, 0.1) is 24.6 Å². The fraction of sp³-hybridized carbons (Fsp3) is 0.222. The van der Waals surface area contributed by atoms with Crippen LogP contribution in [0.15, 0.2) is 78.0 Å². The van der Waals surface area contributed by atoms with Crippen LogP contribution in [0.3, 0.4) is 0 Å². The number of aryl methyl sites for hydroxylation is 2. The van der Waals surface area contributed by atoms with E-state index >= 15 is 0 Å².